The molecule has 0 saturated heterocycles. The van der Waals surface area contributed by atoms with Gasteiger partial charge in [-0.25, -0.2) is 0 Å². The number of benzene rings is 1. The summed E-state index contributed by atoms with van der Waals surface area (Å²) in [5, 5.41) is 0. The summed E-state index contributed by atoms with van der Waals surface area (Å²) in [6.45, 7) is 3.38. The highest BCUT2D eigenvalue weighted by atomic mass is 35.5. The van der Waals surface area contributed by atoms with Crippen LogP contribution < -0.4 is 4.90 Å². The maximum absolute atomic E-state index is 11.8. The van der Waals surface area contributed by atoms with Crippen LogP contribution in [-0.4, -0.2) is 17.8 Å². The van der Waals surface area contributed by atoms with Gasteiger partial charge in [0, 0.05) is 12.7 Å². The average Bonchev–Trinajstić information content (AvgIpc) is 2.15. The third-order valence-electron chi connectivity index (χ3n) is 1.96. The van der Waals surface area contributed by atoms with Crippen molar-refractivity contribution in [3.63, 3.8) is 0 Å². The minimum Gasteiger partial charge on any atom is -0.314 e. The lowest BCUT2D eigenvalue weighted by molar-refractivity contribution is -0.120. The maximum atomic E-state index is 11.8. The van der Waals surface area contributed by atoms with Crippen LogP contribution in [0.1, 0.15) is 13.8 Å². The number of para-hydroxylation sites is 1. The first kappa shape index (κ1) is 11.1. The van der Waals surface area contributed by atoms with Crippen molar-refractivity contribution in [2.75, 3.05) is 11.9 Å². The van der Waals surface area contributed by atoms with Gasteiger partial charge in [0.15, 0.2) is 0 Å². The molecule has 0 spiro atoms. The zero-order valence-electron chi connectivity index (χ0n) is 8.62. The molecule has 0 radical (unpaired) electrons. The number of amides is 1. The van der Waals surface area contributed by atoms with E-state index in [2.05, 4.69) is 0 Å². The first-order chi connectivity index (χ1) is 6.43. The molecule has 0 heterocycles. The second-order valence-electron chi connectivity index (χ2n) is 3.67. The van der Waals surface area contributed by atoms with Gasteiger partial charge in [-0.2, -0.15) is 0 Å². The first-order valence-corrected chi connectivity index (χ1v) is 4.83. The maximum Gasteiger partial charge on any atom is 0.247 e. The van der Waals surface area contributed by atoms with Crippen molar-refractivity contribution in [2.24, 2.45) is 0 Å². The Kier molecular flexibility index (Phi) is 3.17. The zero-order valence-corrected chi connectivity index (χ0v) is 9.38. The number of alkyl halides is 1. The van der Waals surface area contributed by atoms with Gasteiger partial charge in [-0.1, -0.05) is 18.2 Å². The second kappa shape index (κ2) is 4.01. The lowest BCUT2D eigenvalue weighted by Gasteiger charge is -2.24. The van der Waals surface area contributed by atoms with Gasteiger partial charge >= 0.3 is 0 Å². The lowest BCUT2D eigenvalue weighted by Crippen LogP contribution is -2.39. The summed E-state index contributed by atoms with van der Waals surface area (Å²) in [7, 11) is 1.72. The normalized spacial score (nSPS) is 11.1. The number of halogens is 1. The van der Waals surface area contributed by atoms with Gasteiger partial charge in [-0.05, 0) is 26.0 Å². The highest BCUT2D eigenvalue weighted by molar-refractivity contribution is 6.36. The molecule has 0 aliphatic carbocycles. The molecule has 0 atom stereocenters. The monoisotopic (exact) mass is 211 g/mol. The number of rotatable bonds is 2. The molecular formula is C11H14ClNO. The minimum absolute atomic E-state index is 0.106. The standard InChI is InChI=1S/C11H14ClNO/c1-11(2,12)10(14)13(3)9-7-5-4-6-8-9/h4-8H,1-3H3. The molecule has 1 aromatic carbocycles. The van der Waals surface area contributed by atoms with E-state index in [1.54, 1.807) is 25.8 Å². The third kappa shape index (κ3) is 2.48. The fourth-order valence-corrected chi connectivity index (χ4v) is 1.29. The molecule has 14 heavy (non-hydrogen) atoms. The Hall–Kier alpha value is -1.02. The van der Waals surface area contributed by atoms with Gasteiger partial charge in [0.05, 0.1) is 0 Å². The van der Waals surface area contributed by atoms with E-state index in [-0.39, 0.29) is 5.91 Å². The minimum atomic E-state index is -0.857. The third-order valence-corrected chi connectivity index (χ3v) is 2.12. The molecule has 1 aromatic rings. The van der Waals surface area contributed by atoms with Gasteiger partial charge in [0.25, 0.3) is 0 Å². The van der Waals surface area contributed by atoms with Crippen LogP contribution in [0, 0.1) is 0 Å². The highest BCUT2D eigenvalue weighted by Gasteiger charge is 2.28. The topological polar surface area (TPSA) is 20.3 Å². The van der Waals surface area contributed by atoms with E-state index in [1.807, 2.05) is 30.3 Å². The van der Waals surface area contributed by atoms with Crippen LogP contribution in [-0.2, 0) is 4.79 Å². The molecule has 2 nitrogen and oxygen atoms in total. The van der Waals surface area contributed by atoms with Crippen LogP contribution in [0.3, 0.4) is 0 Å². The Morgan fingerprint density at radius 1 is 1.29 bits per heavy atom. The van der Waals surface area contributed by atoms with E-state index < -0.39 is 4.87 Å². The van der Waals surface area contributed by atoms with Crippen molar-refractivity contribution in [1.82, 2.24) is 0 Å². The molecule has 0 unspecified atom stereocenters. The zero-order chi connectivity index (χ0) is 10.8. The Morgan fingerprint density at radius 3 is 2.21 bits per heavy atom. The van der Waals surface area contributed by atoms with Gasteiger partial charge < -0.3 is 4.90 Å². The average molecular weight is 212 g/mol. The van der Waals surface area contributed by atoms with Gasteiger partial charge in [-0.3, -0.25) is 4.79 Å². The fourth-order valence-electron chi connectivity index (χ4n) is 1.17. The number of carbonyl (C=O) groups is 1. The number of carbonyl (C=O) groups excluding carboxylic acids is 1. The molecule has 3 heteroatoms. The molecule has 0 aromatic heterocycles. The summed E-state index contributed by atoms with van der Waals surface area (Å²) < 4.78 is 0. The van der Waals surface area contributed by atoms with E-state index in [0.29, 0.717) is 0 Å². The highest BCUT2D eigenvalue weighted by Crippen LogP contribution is 2.20. The predicted molar refractivity (Wildman–Crippen MR) is 59.8 cm³/mol. The van der Waals surface area contributed by atoms with Gasteiger partial charge in [0.2, 0.25) is 5.91 Å². The van der Waals surface area contributed by atoms with E-state index in [9.17, 15) is 4.79 Å². The number of anilines is 1. The van der Waals surface area contributed by atoms with Crippen molar-refractivity contribution in [3.05, 3.63) is 30.3 Å². The second-order valence-corrected chi connectivity index (χ2v) is 4.62. The SMILES string of the molecule is CN(C(=O)C(C)(C)Cl)c1ccccc1. The van der Waals surface area contributed by atoms with E-state index in [0.717, 1.165) is 5.69 Å². The van der Waals surface area contributed by atoms with Crippen LogP contribution in [0.2, 0.25) is 0 Å². The summed E-state index contributed by atoms with van der Waals surface area (Å²) in [6.07, 6.45) is 0. The van der Waals surface area contributed by atoms with Crippen molar-refractivity contribution in [2.45, 2.75) is 18.7 Å². The molecule has 1 amide bonds. The summed E-state index contributed by atoms with van der Waals surface area (Å²) in [5.41, 5.74) is 0.853. The molecular weight excluding hydrogens is 198 g/mol. The quantitative estimate of drug-likeness (QED) is 0.689. The summed E-state index contributed by atoms with van der Waals surface area (Å²) in [5.74, 6) is -0.106. The van der Waals surface area contributed by atoms with Crippen LogP contribution >= 0.6 is 11.6 Å². The lowest BCUT2D eigenvalue weighted by atomic mass is 10.1. The number of hydrogen-bond donors (Lipinski definition) is 0. The Morgan fingerprint density at radius 2 is 1.79 bits per heavy atom. The summed E-state index contributed by atoms with van der Waals surface area (Å²) in [6, 6.07) is 9.44. The van der Waals surface area contributed by atoms with Crippen molar-refractivity contribution in [1.29, 1.82) is 0 Å². The first-order valence-electron chi connectivity index (χ1n) is 4.45. The Balaban J connectivity index is 2.87. The molecule has 76 valence electrons. The van der Waals surface area contributed by atoms with E-state index in [1.165, 1.54) is 0 Å². The molecule has 0 N–H and O–H groups in total. The molecule has 0 aliphatic rings. The van der Waals surface area contributed by atoms with E-state index in [4.69, 9.17) is 11.6 Å². The largest absolute Gasteiger partial charge is 0.314 e. The Bertz CT molecular complexity index is 316. The molecule has 0 bridgehead atoms. The number of nitrogens with zero attached hydrogens (tertiary/aromatic N) is 1. The smallest absolute Gasteiger partial charge is 0.247 e. The van der Waals surface area contributed by atoms with Crippen molar-refractivity contribution < 1.29 is 4.79 Å². The van der Waals surface area contributed by atoms with Crippen molar-refractivity contribution >= 4 is 23.2 Å². The van der Waals surface area contributed by atoms with Gasteiger partial charge in [0.1, 0.15) is 4.87 Å². The molecule has 0 fully saturated rings. The van der Waals surface area contributed by atoms with Crippen molar-refractivity contribution in [3.8, 4) is 0 Å². The molecule has 0 aliphatic heterocycles. The number of hydrogen-bond acceptors (Lipinski definition) is 1. The van der Waals surface area contributed by atoms with E-state index >= 15 is 0 Å². The summed E-state index contributed by atoms with van der Waals surface area (Å²) >= 11 is 5.94. The molecule has 0 saturated carbocycles. The summed E-state index contributed by atoms with van der Waals surface area (Å²) in [4.78, 5) is 12.5. The fraction of sp³-hybridized carbons (Fsp3) is 0.364. The van der Waals surface area contributed by atoms with Crippen LogP contribution in [0.4, 0.5) is 5.69 Å². The Labute approximate surface area is 89.5 Å². The predicted octanol–water partition coefficient (Wildman–Crippen LogP) is 2.67. The van der Waals surface area contributed by atoms with Crippen LogP contribution in [0.5, 0.6) is 0 Å². The van der Waals surface area contributed by atoms with Gasteiger partial charge in [-0.15, -0.1) is 11.6 Å². The molecule has 1 rings (SSSR count). The van der Waals surface area contributed by atoms with Crippen LogP contribution in [0.15, 0.2) is 30.3 Å². The van der Waals surface area contributed by atoms with Crippen LogP contribution in [0.25, 0.3) is 0 Å².